The Morgan fingerprint density at radius 2 is 1.97 bits per heavy atom. The summed E-state index contributed by atoms with van der Waals surface area (Å²) in [5, 5.41) is 6.81. The molecule has 2 amide bonds. The van der Waals surface area contributed by atoms with Crippen molar-refractivity contribution in [1.82, 2.24) is 9.72 Å². The predicted octanol–water partition coefficient (Wildman–Crippen LogP) is 3.31. The summed E-state index contributed by atoms with van der Waals surface area (Å²) in [6.07, 6.45) is 0.145. The Balaban J connectivity index is 1.52. The van der Waals surface area contributed by atoms with E-state index in [0.717, 1.165) is 5.69 Å². The Morgan fingerprint density at radius 3 is 2.69 bits per heavy atom. The van der Waals surface area contributed by atoms with Crippen molar-refractivity contribution >= 4 is 29.2 Å². The molecular weight excluding hydrogens is 412 g/mol. The lowest BCUT2D eigenvalue weighted by atomic mass is 10.1. The fourth-order valence-corrected chi connectivity index (χ4v) is 4.02. The van der Waals surface area contributed by atoms with Crippen LogP contribution in [0, 0.1) is 20.8 Å². The summed E-state index contributed by atoms with van der Waals surface area (Å²) in [6, 6.07) is 10.1. The van der Waals surface area contributed by atoms with Gasteiger partial charge in [-0.2, -0.15) is 0 Å². The lowest BCUT2D eigenvalue weighted by Gasteiger charge is -2.27. The van der Waals surface area contributed by atoms with Crippen molar-refractivity contribution in [2.24, 2.45) is 0 Å². The molecule has 9 heteroatoms. The standard InChI is InChI=1S/C23H24N4O5/c1-13-9-17(16(4)26(13)20-11-15(3)32-25-20)23(30)31-12-22(29)27-14(2)10-21(28)24-18-7-5-6-8-19(18)27/h5-9,11,14H,10,12H2,1-4H3,(H,24,28)/t14-/m0/s1. The first-order valence-electron chi connectivity index (χ1n) is 10.3. The molecule has 1 aliphatic heterocycles. The molecule has 0 aliphatic carbocycles. The highest BCUT2D eigenvalue weighted by Gasteiger charge is 2.30. The van der Waals surface area contributed by atoms with Gasteiger partial charge in [0.15, 0.2) is 12.4 Å². The van der Waals surface area contributed by atoms with Gasteiger partial charge in [-0.25, -0.2) is 4.79 Å². The number of benzene rings is 1. The van der Waals surface area contributed by atoms with E-state index in [1.807, 2.05) is 6.92 Å². The molecule has 1 N–H and O–H groups in total. The fourth-order valence-electron chi connectivity index (χ4n) is 4.02. The summed E-state index contributed by atoms with van der Waals surface area (Å²) in [5.74, 6) is 0.0354. The van der Waals surface area contributed by atoms with E-state index in [9.17, 15) is 14.4 Å². The van der Waals surface area contributed by atoms with Crippen LogP contribution in [0.5, 0.6) is 0 Å². The van der Waals surface area contributed by atoms with E-state index in [1.165, 1.54) is 4.90 Å². The largest absolute Gasteiger partial charge is 0.452 e. The molecule has 1 aliphatic rings. The third-order valence-corrected chi connectivity index (χ3v) is 5.45. The number of ether oxygens (including phenoxy) is 1. The molecule has 32 heavy (non-hydrogen) atoms. The van der Waals surface area contributed by atoms with Gasteiger partial charge in [0, 0.05) is 29.9 Å². The van der Waals surface area contributed by atoms with Crippen molar-refractivity contribution in [2.45, 2.75) is 40.2 Å². The minimum absolute atomic E-state index is 0.145. The number of aromatic nitrogens is 2. The molecule has 4 rings (SSSR count). The highest BCUT2D eigenvalue weighted by Crippen LogP contribution is 2.31. The van der Waals surface area contributed by atoms with Gasteiger partial charge in [-0.3, -0.25) is 14.2 Å². The second-order valence-corrected chi connectivity index (χ2v) is 7.87. The zero-order valence-corrected chi connectivity index (χ0v) is 18.3. The Labute approximate surface area is 184 Å². The quantitative estimate of drug-likeness (QED) is 0.629. The molecule has 0 radical (unpaired) electrons. The van der Waals surface area contributed by atoms with Crippen LogP contribution in [0.2, 0.25) is 0 Å². The van der Waals surface area contributed by atoms with Crippen LogP contribution >= 0.6 is 0 Å². The Morgan fingerprint density at radius 1 is 1.22 bits per heavy atom. The Bertz CT molecular complexity index is 1210. The van der Waals surface area contributed by atoms with E-state index >= 15 is 0 Å². The monoisotopic (exact) mass is 436 g/mol. The maximum Gasteiger partial charge on any atom is 0.340 e. The van der Waals surface area contributed by atoms with Gasteiger partial charge >= 0.3 is 5.97 Å². The van der Waals surface area contributed by atoms with Crippen molar-refractivity contribution in [1.29, 1.82) is 0 Å². The van der Waals surface area contributed by atoms with Gasteiger partial charge in [0.05, 0.1) is 16.9 Å². The van der Waals surface area contributed by atoms with Crippen molar-refractivity contribution in [3.63, 3.8) is 0 Å². The first kappa shape index (κ1) is 21.4. The number of fused-ring (bicyclic) bond motifs is 1. The van der Waals surface area contributed by atoms with Crippen LogP contribution < -0.4 is 10.2 Å². The normalized spacial score (nSPS) is 15.7. The van der Waals surface area contributed by atoms with Crippen LogP contribution in [-0.4, -0.2) is 40.2 Å². The van der Waals surface area contributed by atoms with Gasteiger partial charge in [0.2, 0.25) is 5.91 Å². The summed E-state index contributed by atoms with van der Waals surface area (Å²) in [6.45, 7) is 6.75. The van der Waals surface area contributed by atoms with E-state index in [0.29, 0.717) is 34.2 Å². The molecule has 166 valence electrons. The zero-order chi connectivity index (χ0) is 23.0. The molecule has 0 fully saturated rings. The highest BCUT2D eigenvalue weighted by molar-refractivity contribution is 6.05. The van der Waals surface area contributed by atoms with E-state index in [-0.39, 0.29) is 18.4 Å². The number of esters is 1. The highest BCUT2D eigenvalue weighted by atomic mass is 16.5. The molecule has 9 nitrogen and oxygen atoms in total. The van der Waals surface area contributed by atoms with Crippen molar-refractivity contribution in [2.75, 3.05) is 16.8 Å². The van der Waals surface area contributed by atoms with Gasteiger partial charge in [0.1, 0.15) is 5.76 Å². The number of hydrogen-bond donors (Lipinski definition) is 1. The first-order chi connectivity index (χ1) is 15.3. The van der Waals surface area contributed by atoms with Gasteiger partial charge in [0.25, 0.3) is 5.91 Å². The van der Waals surface area contributed by atoms with Gasteiger partial charge in [-0.1, -0.05) is 17.3 Å². The summed E-state index contributed by atoms with van der Waals surface area (Å²) < 4.78 is 12.3. The van der Waals surface area contributed by atoms with Crippen LogP contribution in [0.15, 0.2) is 40.9 Å². The second-order valence-electron chi connectivity index (χ2n) is 7.87. The molecule has 0 spiro atoms. The second kappa shape index (κ2) is 8.33. The lowest BCUT2D eigenvalue weighted by Crippen LogP contribution is -2.41. The SMILES string of the molecule is Cc1cc(-n2c(C)cc(C(=O)OCC(=O)N3c4ccccc4NC(=O)C[C@@H]3C)c2C)no1. The number of hydrogen-bond acceptors (Lipinski definition) is 6. The molecule has 2 aromatic heterocycles. The summed E-state index contributed by atoms with van der Waals surface area (Å²) in [4.78, 5) is 39.4. The molecule has 1 atom stereocenters. The van der Waals surface area contributed by atoms with Crippen molar-refractivity contribution < 1.29 is 23.6 Å². The fraction of sp³-hybridized carbons (Fsp3) is 0.304. The van der Waals surface area contributed by atoms with Gasteiger partial charge < -0.3 is 19.5 Å². The minimum Gasteiger partial charge on any atom is -0.452 e. The minimum atomic E-state index is -0.608. The molecule has 0 bridgehead atoms. The number of carbonyl (C=O) groups is 3. The average Bonchev–Trinajstić information content (AvgIpc) is 3.25. The molecule has 3 heterocycles. The third kappa shape index (κ3) is 3.89. The van der Waals surface area contributed by atoms with Crippen molar-refractivity contribution in [3.8, 4) is 5.82 Å². The maximum absolute atomic E-state index is 13.0. The topological polar surface area (TPSA) is 107 Å². The summed E-state index contributed by atoms with van der Waals surface area (Å²) in [7, 11) is 0. The van der Waals surface area contributed by atoms with E-state index in [1.54, 1.807) is 61.7 Å². The number of nitrogens with one attached hydrogen (secondary N) is 1. The smallest absolute Gasteiger partial charge is 0.340 e. The lowest BCUT2D eigenvalue weighted by molar-refractivity contribution is -0.122. The average molecular weight is 436 g/mol. The predicted molar refractivity (Wildman–Crippen MR) is 117 cm³/mol. The molecule has 0 saturated heterocycles. The van der Waals surface area contributed by atoms with Crippen LogP contribution in [0.1, 0.15) is 40.9 Å². The number of anilines is 2. The third-order valence-electron chi connectivity index (χ3n) is 5.45. The van der Waals surface area contributed by atoms with Crippen LogP contribution in [0.4, 0.5) is 11.4 Å². The molecule has 3 aromatic rings. The summed E-state index contributed by atoms with van der Waals surface area (Å²) >= 11 is 0. The van der Waals surface area contributed by atoms with Crippen molar-refractivity contribution in [3.05, 3.63) is 59.1 Å². The van der Waals surface area contributed by atoms with Crippen LogP contribution in [0.3, 0.4) is 0 Å². The molecule has 0 saturated carbocycles. The number of aryl methyl sites for hydroxylation is 2. The van der Waals surface area contributed by atoms with Crippen LogP contribution in [0.25, 0.3) is 5.82 Å². The van der Waals surface area contributed by atoms with Gasteiger partial charge in [-0.05, 0) is 45.9 Å². The number of rotatable bonds is 4. The zero-order valence-electron chi connectivity index (χ0n) is 18.3. The van der Waals surface area contributed by atoms with E-state index in [2.05, 4.69) is 10.5 Å². The first-order valence-corrected chi connectivity index (χ1v) is 10.3. The van der Waals surface area contributed by atoms with Crippen LogP contribution in [-0.2, 0) is 14.3 Å². The number of para-hydroxylation sites is 2. The van der Waals surface area contributed by atoms with Gasteiger partial charge in [-0.15, -0.1) is 0 Å². The summed E-state index contributed by atoms with van der Waals surface area (Å²) in [5.41, 5.74) is 2.89. The molecular formula is C23H24N4O5. The molecule has 0 unspecified atom stereocenters. The number of amides is 2. The molecule has 1 aromatic carbocycles. The Kier molecular flexibility index (Phi) is 5.56. The number of nitrogens with zero attached hydrogens (tertiary/aromatic N) is 3. The number of carbonyl (C=O) groups excluding carboxylic acids is 3. The Hall–Kier alpha value is -3.88. The maximum atomic E-state index is 13.0. The van der Waals surface area contributed by atoms with E-state index in [4.69, 9.17) is 9.26 Å². The van der Waals surface area contributed by atoms with E-state index < -0.39 is 18.5 Å².